The van der Waals surface area contributed by atoms with Gasteiger partial charge in [0.15, 0.2) is 0 Å². The van der Waals surface area contributed by atoms with Crippen molar-refractivity contribution >= 4 is 23.6 Å². The van der Waals surface area contributed by atoms with Gasteiger partial charge >= 0.3 is 5.51 Å². The number of aromatic amines is 1. The SMILES string of the molecule is CN(C)c1nc(C(=O)N[C@H](c2ccc(SC(F)(F)F)c(F)c2)C2(C)CC2)cc(=O)[nH]1. The van der Waals surface area contributed by atoms with E-state index in [0.29, 0.717) is 5.56 Å². The van der Waals surface area contributed by atoms with Gasteiger partial charge in [-0.2, -0.15) is 13.2 Å². The van der Waals surface area contributed by atoms with Crippen molar-refractivity contribution in [3.63, 3.8) is 0 Å². The van der Waals surface area contributed by atoms with E-state index in [0.717, 1.165) is 31.0 Å². The molecule has 2 aromatic rings. The number of halogens is 4. The molecule has 11 heteroatoms. The molecule has 0 saturated heterocycles. The number of alkyl halides is 3. The third-order valence-electron chi connectivity index (χ3n) is 4.91. The number of nitrogens with zero attached hydrogens (tertiary/aromatic N) is 2. The predicted octanol–water partition coefficient (Wildman–Crippen LogP) is 3.86. The van der Waals surface area contributed by atoms with E-state index in [1.165, 1.54) is 11.0 Å². The Labute approximate surface area is 174 Å². The van der Waals surface area contributed by atoms with E-state index in [1.807, 2.05) is 6.92 Å². The van der Waals surface area contributed by atoms with Crippen molar-refractivity contribution in [1.29, 1.82) is 0 Å². The first-order chi connectivity index (χ1) is 13.9. The number of nitrogens with one attached hydrogen (secondary N) is 2. The molecule has 1 heterocycles. The van der Waals surface area contributed by atoms with Crippen LogP contribution in [0.2, 0.25) is 0 Å². The van der Waals surface area contributed by atoms with Gasteiger partial charge < -0.3 is 10.2 Å². The van der Waals surface area contributed by atoms with Crippen molar-refractivity contribution in [3.05, 3.63) is 51.7 Å². The second kappa shape index (κ2) is 7.93. The van der Waals surface area contributed by atoms with Crippen LogP contribution in [0.25, 0.3) is 0 Å². The zero-order valence-electron chi connectivity index (χ0n) is 16.4. The fourth-order valence-electron chi connectivity index (χ4n) is 3.03. The van der Waals surface area contributed by atoms with E-state index < -0.39 is 45.5 Å². The van der Waals surface area contributed by atoms with Gasteiger partial charge in [-0.25, -0.2) is 9.37 Å². The number of amides is 1. The van der Waals surface area contributed by atoms with Gasteiger partial charge in [-0.1, -0.05) is 13.0 Å². The van der Waals surface area contributed by atoms with Crippen LogP contribution in [0, 0.1) is 11.2 Å². The molecule has 0 aliphatic heterocycles. The zero-order chi connectivity index (χ0) is 22.3. The number of aromatic nitrogens is 2. The highest BCUT2D eigenvalue weighted by Gasteiger charge is 2.46. The highest BCUT2D eigenvalue weighted by molar-refractivity contribution is 8.00. The van der Waals surface area contributed by atoms with Crippen LogP contribution in [-0.2, 0) is 0 Å². The molecule has 3 rings (SSSR count). The number of hydrogen-bond acceptors (Lipinski definition) is 5. The largest absolute Gasteiger partial charge is 0.446 e. The number of anilines is 1. The summed E-state index contributed by atoms with van der Waals surface area (Å²) in [6.45, 7) is 1.89. The summed E-state index contributed by atoms with van der Waals surface area (Å²) in [4.78, 5) is 32.2. The number of carbonyl (C=O) groups excluding carboxylic acids is 1. The molecule has 1 aliphatic rings. The number of H-pyrrole nitrogens is 1. The fourth-order valence-corrected chi connectivity index (χ4v) is 3.57. The Bertz CT molecular complexity index is 1020. The Morgan fingerprint density at radius 2 is 1.97 bits per heavy atom. The van der Waals surface area contributed by atoms with Crippen LogP contribution in [0.5, 0.6) is 0 Å². The highest BCUT2D eigenvalue weighted by Crippen LogP contribution is 2.54. The number of benzene rings is 1. The molecule has 30 heavy (non-hydrogen) atoms. The van der Waals surface area contributed by atoms with Crippen molar-refractivity contribution in [2.24, 2.45) is 5.41 Å². The molecular weight excluding hydrogens is 424 g/mol. The zero-order valence-corrected chi connectivity index (χ0v) is 17.2. The minimum absolute atomic E-state index is 0.110. The maximum absolute atomic E-state index is 14.3. The van der Waals surface area contributed by atoms with Gasteiger partial charge in [-0.05, 0) is 47.7 Å². The molecule has 1 saturated carbocycles. The second-order valence-corrected chi connectivity index (χ2v) is 8.75. The standard InChI is InChI=1S/C19H20F4N4O2S/c1-18(6-7-18)15(10-4-5-13(11(20)8-10)30-19(21,22)23)26-16(29)12-9-14(28)25-17(24-12)27(2)3/h4-5,8-9,15H,6-7H2,1-3H3,(H,26,29)(H,24,25,28)/t15-/m1/s1. The summed E-state index contributed by atoms with van der Waals surface area (Å²) in [5, 5.41) is 2.77. The molecule has 1 atom stereocenters. The molecule has 1 amide bonds. The van der Waals surface area contributed by atoms with Crippen LogP contribution < -0.4 is 15.8 Å². The molecule has 0 unspecified atom stereocenters. The van der Waals surface area contributed by atoms with Gasteiger partial charge in [0.05, 0.1) is 10.9 Å². The topological polar surface area (TPSA) is 78.1 Å². The number of hydrogen-bond donors (Lipinski definition) is 2. The van der Waals surface area contributed by atoms with Gasteiger partial charge in [-0.15, -0.1) is 0 Å². The Kier molecular flexibility index (Phi) is 5.85. The third kappa shape index (κ3) is 5.13. The summed E-state index contributed by atoms with van der Waals surface area (Å²) in [6, 6.07) is 3.86. The monoisotopic (exact) mass is 444 g/mol. The lowest BCUT2D eigenvalue weighted by Crippen LogP contribution is -2.35. The summed E-state index contributed by atoms with van der Waals surface area (Å²) in [5.41, 5.74) is -5.24. The average Bonchev–Trinajstić information content (AvgIpc) is 3.38. The Hall–Kier alpha value is -2.56. The van der Waals surface area contributed by atoms with E-state index in [9.17, 15) is 27.2 Å². The summed E-state index contributed by atoms with van der Waals surface area (Å²) >= 11 is -0.528. The molecule has 1 aromatic heterocycles. The maximum atomic E-state index is 14.3. The predicted molar refractivity (Wildman–Crippen MR) is 105 cm³/mol. The molecular formula is C19H20F4N4O2S. The van der Waals surface area contributed by atoms with Crippen molar-refractivity contribution in [2.75, 3.05) is 19.0 Å². The van der Waals surface area contributed by atoms with E-state index in [4.69, 9.17) is 0 Å². The van der Waals surface area contributed by atoms with Crippen LogP contribution in [-0.4, -0.2) is 35.5 Å². The number of rotatable bonds is 6. The summed E-state index contributed by atoms with van der Waals surface area (Å²) in [7, 11) is 3.30. The van der Waals surface area contributed by atoms with Crippen molar-refractivity contribution in [1.82, 2.24) is 15.3 Å². The first-order valence-electron chi connectivity index (χ1n) is 9.03. The van der Waals surface area contributed by atoms with Crippen molar-refractivity contribution in [3.8, 4) is 0 Å². The van der Waals surface area contributed by atoms with Gasteiger partial charge in [0.1, 0.15) is 11.5 Å². The quantitative estimate of drug-likeness (QED) is 0.523. The molecule has 0 bridgehead atoms. The van der Waals surface area contributed by atoms with Crippen LogP contribution >= 0.6 is 11.8 Å². The van der Waals surface area contributed by atoms with E-state index in [2.05, 4.69) is 15.3 Å². The molecule has 1 fully saturated rings. The minimum atomic E-state index is -4.60. The van der Waals surface area contributed by atoms with Gasteiger partial charge in [-0.3, -0.25) is 14.6 Å². The summed E-state index contributed by atoms with van der Waals surface area (Å²) in [6.07, 6.45) is 1.51. The minimum Gasteiger partial charge on any atom is -0.348 e. The summed E-state index contributed by atoms with van der Waals surface area (Å²) in [5.74, 6) is -1.44. The van der Waals surface area contributed by atoms with Crippen molar-refractivity contribution < 1.29 is 22.4 Å². The molecule has 0 spiro atoms. The summed E-state index contributed by atoms with van der Waals surface area (Å²) < 4.78 is 52.0. The molecule has 0 radical (unpaired) electrons. The Balaban J connectivity index is 1.89. The van der Waals surface area contributed by atoms with E-state index in [-0.39, 0.29) is 17.1 Å². The highest BCUT2D eigenvalue weighted by atomic mass is 32.2. The normalized spacial score (nSPS) is 16.1. The lowest BCUT2D eigenvalue weighted by atomic mass is 9.91. The Morgan fingerprint density at radius 3 is 2.50 bits per heavy atom. The van der Waals surface area contributed by atoms with Crippen LogP contribution in [0.1, 0.15) is 41.9 Å². The van der Waals surface area contributed by atoms with E-state index >= 15 is 0 Å². The third-order valence-corrected chi connectivity index (χ3v) is 5.69. The molecule has 6 nitrogen and oxygen atoms in total. The number of carbonyl (C=O) groups is 1. The van der Waals surface area contributed by atoms with Crippen LogP contribution in [0.4, 0.5) is 23.5 Å². The first-order valence-corrected chi connectivity index (χ1v) is 9.84. The molecule has 162 valence electrons. The Morgan fingerprint density at radius 1 is 1.30 bits per heavy atom. The lowest BCUT2D eigenvalue weighted by molar-refractivity contribution is -0.0329. The second-order valence-electron chi connectivity index (χ2n) is 7.65. The first kappa shape index (κ1) is 22.1. The van der Waals surface area contributed by atoms with Crippen LogP contribution in [0.15, 0.2) is 34.0 Å². The van der Waals surface area contributed by atoms with Crippen LogP contribution in [0.3, 0.4) is 0 Å². The van der Waals surface area contributed by atoms with Gasteiger partial charge in [0.25, 0.3) is 11.5 Å². The fraction of sp³-hybridized carbons (Fsp3) is 0.421. The lowest BCUT2D eigenvalue weighted by Gasteiger charge is -2.26. The van der Waals surface area contributed by atoms with E-state index in [1.54, 1.807) is 14.1 Å². The maximum Gasteiger partial charge on any atom is 0.446 e. The molecule has 1 aliphatic carbocycles. The molecule has 1 aromatic carbocycles. The number of thioether (sulfide) groups is 1. The smallest absolute Gasteiger partial charge is 0.348 e. The van der Waals surface area contributed by atoms with Gasteiger partial charge in [0, 0.05) is 20.2 Å². The van der Waals surface area contributed by atoms with Crippen molar-refractivity contribution in [2.45, 2.75) is 36.2 Å². The van der Waals surface area contributed by atoms with Gasteiger partial charge in [0.2, 0.25) is 5.95 Å². The average molecular weight is 444 g/mol. The molecule has 2 N–H and O–H groups in total.